The Balaban J connectivity index is 0.860. The van der Waals surface area contributed by atoms with Gasteiger partial charge < -0.3 is 14.5 Å². The Morgan fingerprint density at radius 2 is 0.451 bits per heavy atom. The number of rotatable bonds is 10. The zero-order valence-electron chi connectivity index (χ0n) is 45.0. The largest absolute Gasteiger partial charge is 0.457 e. The van der Waals surface area contributed by atoms with Crippen molar-refractivity contribution in [3.8, 4) is 78.3 Å². The third-order valence-corrected chi connectivity index (χ3v) is 16.6. The zero-order valence-corrected chi connectivity index (χ0v) is 45.0. The molecule has 1 aliphatic heterocycles. The Morgan fingerprint density at radius 1 is 0.195 bits per heavy atom. The molecule has 1 spiro atoms. The highest BCUT2D eigenvalue weighted by molar-refractivity contribution is 5.95. The smallest absolute Gasteiger partial charge is 0.132 e. The van der Waals surface area contributed by atoms with Crippen molar-refractivity contribution in [1.82, 2.24) is 0 Å². The van der Waals surface area contributed by atoms with E-state index in [1.165, 1.54) is 55.6 Å². The average Bonchev–Trinajstić information content (AvgIpc) is 2.49. The molecule has 2 aliphatic rings. The van der Waals surface area contributed by atoms with Crippen LogP contribution >= 0.6 is 0 Å². The third kappa shape index (κ3) is 8.38. The maximum atomic E-state index is 7.19. The van der Waals surface area contributed by atoms with Crippen LogP contribution in [-0.2, 0) is 5.41 Å². The van der Waals surface area contributed by atoms with Gasteiger partial charge in [0.15, 0.2) is 0 Å². The summed E-state index contributed by atoms with van der Waals surface area (Å²) in [5.41, 5.74) is 24.4. The first-order valence-corrected chi connectivity index (χ1v) is 28.1. The van der Waals surface area contributed by atoms with Crippen molar-refractivity contribution in [1.29, 1.82) is 0 Å². The molecule has 386 valence electrons. The standard InChI is InChI=1S/C79H54N2O/c1-5-19-55(20-6-1)57-33-43-65(44-34-57)80(63-23-9-3-10-24-63)67-47-37-59(38-48-67)61-41-51-77-75(53-61)79(73-31-17-15-29-71(73)69-27-13-14-28-70(69)72-30-16-18-32-74(72)79)76-54-62(42-52-78(76)82-77)60-39-49-68(50-40-60)81(64-25-11-4-12-26-64)66-45-35-58(36-46-66)56-21-7-2-8-22-56/h1-54H. The van der Waals surface area contributed by atoms with Gasteiger partial charge in [0, 0.05) is 45.3 Å². The van der Waals surface area contributed by atoms with Crippen molar-refractivity contribution in [3.05, 3.63) is 350 Å². The topological polar surface area (TPSA) is 15.7 Å². The normalized spacial score (nSPS) is 12.3. The summed E-state index contributed by atoms with van der Waals surface area (Å²) < 4.78 is 7.19. The Kier molecular flexibility index (Phi) is 12.1. The van der Waals surface area contributed by atoms with E-state index in [9.17, 15) is 0 Å². The Labute approximate surface area is 479 Å². The minimum absolute atomic E-state index is 0.799. The van der Waals surface area contributed by atoms with E-state index in [-0.39, 0.29) is 0 Å². The van der Waals surface area contributed by atoms with Crippen molar-refractivity contribution < 1.29 is 4.74 Å². The van der Waals surface area contributed by atoms with Crippen LogP contribution < -0.4 is 14.5 Å². The molecule has 1 heterocycles. The van der Waals surface area contributed by atoms with Crippen molar-refractivity contribution in [2.24, 2.45) is 0 Å². The van der Waals surface area contributed by atoms with Crippen LogP contribution in [0.1, 0.15) is 22.3 Å². The molecule has 0 aromatic heterocycles. The number of hydrogen-bond acceptors (Lipinski definition) is 3. The summed E-state index contributed by atoms with van der Waals surface area (Å²) in [7, 11) is 0. The van der Waals surface area contributed by atoms with E-state index >= 15 is 0 Å². The quantitative estimate of drug-likeness (QED) is 0.136. The summed E-state index contributed by atoms with van der Waals surface area (Å²) in [6, 6.07) is 119. The first kappa shape index (κ1) is 48.4. The minimum Gasteiger partial charge on any atom is -0.457 e. The highest BCUT2D eigenvalue weighted by Crippen LogP contribution is 2.62. The van der Waals surface area contributed by atoms with Crippen molar-refractivity contribution in [2.75, 3.05) is 9.80 Å². The van der Waals surface area contributed by atoms with Gasteiger partial charge in [-0.1, -0.05) is 231 Å². The molecule has 3 heteroatoms. The molecule has 0 saturated heterocycles. The number of benzene rings is 13. The predicted octanol–water partition coefficient (Wildman–Crippen LogP) is 21.4. The molecule has 0 N–H and O–H groups in total. The highest BCUT2D eigenvalue weighted by Gasteiger charge is 2.49. The Hall–Kier alpha value is -10.7. The van der Waals surface area contributed by atoms with E-state index in [1.54, 1.807) is 0 Å². The van der Waals surface area contributed by atoms with Gasteiger partial charge in [0.25, 0.3) is 0 Å². The lowest BCUT2D eigenvalue weighted by molar-refractivity contribution is 0.435. The molecule has 0 saturated carbocycles. The van der Waals surface area contributed by atoms with Crippen LogP contribution in [0.3, 0.4) is 0 Å². The molecule has 1 aliphatic carbocycles. The summed E-state index contributed by atoms with van der Waals surface area (Å²) >= 11 is 0. The van der Waals surface area contributed by atoms with Crippen molar-refractivity contribution in [3.63, 3.8) is 0 Å². The summed E-state index contributed by atoms with van der Waals surface area (Å²) in [6.07, 6.45) is 0. The summed E-state index contributed by atoms with van der Waals surface area (Å²) in [6.45, 7) is 0. The number of ether oxygens (including phenoxy) is 1. The molecular weight excluding hydrogens is 993 g/mol. The van der Waals surface area contributed by atoms with E-state index in [0.29, 0.717) is 0 Å². The Bertz CT molecular complexity index is 4140. The number of anilines is 6. The third-order valence-electron chi connectivity index (χ3n) is 16.6. The molecule has 82 heavy (non-hydrogen) atoms. The molecule has 0 amide bonds. The van der Waals surface area contributed by atoms with Gasteiger partial charge in [-0.05, 0) is 175 Å². The molecule has 0 fully saturated rings. The number of para-hydroxylation sites is 2. The predicted molar refractivity (Wildman–Crippen MR) is 340 cm³/mol. The van der Waals surface area contributed by atoms with Gasteiger partial charge in [-0.3, -0.25) is 0 Å². The molecule has 13 aromatic carbocycles. The zero-order chi connectivity index (χ0) is 54.4. The first-order chi connectivity index (χ1) is 40.7. The summed E-state index contributed by atoms with van der Waals surface area (Å²) in [4.78, 5) is 4.66. The van der Waals surface area contributed by atoms with Gasteiger partial charge in [-0.2, -0.15) is 0 Å². The molecular formula is C79H54N2O. The van der Waals surface area contributed by atoms with E-state index < -0.39 is 5.41 Å². The molecule has 0 unspecified atom stereocenters. The molecule has 3 nitrogen and oxygen atoms in total. The van der Waals surface area contributed by atoms with Gasteiger partial charge in [-0.25, -0.2) is 0 Å². The van der Waals surface area contributed by atoms with Crippen LogP contribution in [0.25, 0.3) is 66.8 Å². The van der Waals surface area contributed by atoms with Crippen LogP contribution in [0.15, 0.2) is 328 Å². The molecule has 0 radical (unpaired) electrons. The fourth-order valence-electron chi connectivity index (χ4n) is 12.7. The van der Waals surface area contributed by atoms with Crippen LogP contribution in [-0.4, -0.2) is 0 Å². The molecule has 15 rings (SSSR count). The van der Waals surface area contributed by atoms with Gasteiger partial charge in [0.1, 0.15) is 11.5 Å². The van der Waals surface area contributed by atoms with Crippen LogP contribution in [0.5, 0.6) is 11.5 Å². The first-order valence-electron chi connectivity index (χ1n) is 28.1. The van der Waals surface area contributed by atoms with Gasteiger partial charge >= 0.3 is 0 Å². The number of hydrogen-bond donors (Lipinski definition) is 0. The average molecular weight is 1050 g/mol. The van der Waals surface area contributed by atoms with Gasteiger partial charge in [0.05, 0.1) is 5.41 Å². The van der Waals surface area contributed by atoms with E-state index in [2.05, 4.69) is 337 Å². The second-order valence-electron chi connectivity index (χ2n) is 21.2. The van der Waals surface area contributed by atoms with Crippen molar-refractivity contribution >= 4 is 34.1 Å². The summed E-state index contributed by atoms with van der Waals surface area (Å²) in [5, 5.41) is 0. The Morgan fingerprint density at radius 3 is 0.805 bits per heavy atom. The molecule has 0 bridgehead atoms. The second-order valence-corrected chi connectivity index (χ2v) is 21.2. The highest BCUT2D eigenvalue weighted by atomic mass is 16.5. The fourth-order valence-corrected chi connectivity index (χ4v) is 12.7. The lowest BCUT2D eigenvalue weighted by Crippen LogP contribution is -2.35. The van der Waals surface area contributed by atoms with Gasteiger partial charge in [0.2, 0.25) is 0 Å². The maximum absolute atomic E-state index is 7.19. The maximum Gasteiger partial charge on any atom is 0.132 e. The van der Waals surface area contributed by atoms with Gasteiger partial charge in [-0.15, -0.1) is 0 Å². The van der Waals surface area contributed by atoms with E-state index in [0.717, 1.165) is 79.0 Å². The fraction of sp³-hybridized carbons (Fsp3) is 0.0127. The van der Waals surface area contributed by atoms with E-state index in [1.807, 2.05) is 0 Å². The van der Waals surface area contributed by atoms with Crippen LogP contribution in [0.2, 0.25) is 0 Å². The SMILES string of the molecule is c1ccc(-c2ccc(N(c3ccccc3)c3ccc(-c4ccc5c(c4)C4(c6cc(-c7ccc(N(c8ccccc8)c8ccc(-c9ccccc9)cc8)cc7)ccc6O5)c5ccccc5-c5ccccc5-c5ccccc54)cc3)cc2)cc1. The van der Waals surface area contributed by atoms with E-state index in [4.69, 9.17) is 4.74 Å². The van der Waals surface area contributed by atoms with Crippen LogP contribution in [0.4, 0.5) is 34.1 Å². The molecule has 13 aromatic rings. The lowest BCUT2D eigenvalue weighted by Gasteiger charge is -2.43. The minimum atomic E-state index is -0.799. The monoisotopic (exact) mass is 1050 g/mol. The van der Waals surface area contributed by atoms with Crippen molar-refractivity contribution in [2.45, 2.75) is 5.41 Å². The van der Waals surface area contributed by atoms with Crippen LogP contribution in [0, 0.1) is 0 Å². The summed E-state index contributed by atoms with van der Waals surface area (Å²) in [5.74, 6) is 1.68. The lowest BCUT2D eigenvalue weighted by atomic mass is 9.61. The molecule has 0 atom stereocenters. The number of nitrogens with zero attached hydrogens (tertiary/aromatic N) is 2. The second kappa shape index (κ2) is 20.5. The number of fused-ring (bicyclic) bond motifs is 11.